The Labute approximate surface area is 60.4 Å². The van der Waals surface area contributed by atoms with Gasteiger partial charge in [0.1, 0.15) is 5.78 Å². The summed E-state index contributed by atoms with van der Waals surface area (Å²) in [5.41, 5.74) is 0. The van der Waals surface area contributed by atoms with Crippen molar-refractivity contribution in [2.45, 2.75) is 27.7 Å². The largest absolute Gasteiger partial charge is 0.300 e. The number of hydrogen-bond donors (Lipinski definition) is 0. The first-order chi connectivity index (χ1) is 4.37. The molecule has 0 saturated heterocycles. The Morgan fingerprint density at radius 2 is 0.800 bits per heavy atom. The van der Waals surface area contributed by atoms with E-state index >= 15 is 0 Å². The highest BCUT2D eigenvalue weighted by Crippen LogP contribution is 1.66. The molecule has 0 aliphatic rings. The van der Waals surface area contributed by atoms with Gasteiger partial charge in [-0.1, -0.05) is 0 Å². The van der Waals surface area contributed by atoms with Crippen LogP contribution in [0.2, 0.25) is 0 Å². The van der Waals surface area contributed by atoms with Crippen LogP contribution in [0.25, 0.3) is 0 Å². The van der Waals surface area contributed by atoms with Crippen molar-refractivity contribution in [2.75, 3.05) is 0 Å². The fraction of sp³-hybridized carbons (Fsp3) is 0.571. The first-order valence-corrected chi connectivity index (χ1v) is 2.86. The molecule has 0 aromatic rings. The molecule has 0 heterocycles. The van der Waals surface area contributed by atoms with Crippen LogP contribution in [0.4, 0.5) is 0 Å². The van der Waals surface area contributed by atoms with E-state index in [0.717, 1.165) is 0 Å². The summed E-state index contributed by atoms with van der Waals surface area (Å²) >= 11 is 0. The first-order valence-electron chi connectivity index (χ1n) is 2.86. The summed E-state index contributed by atoms with van der Waals surface area (Å²) in [7, 11) is 0. The molecule has 10 heavy (non-hydrogen) atoms. The summed E-state index contributed by atoms with van der Waals surface area (Å²) in [4.78, 5) is 29.0. The van der Waals surface area contributed by atoms with Crippen LogP contribution in [0.15, 0.2) is 0 Å². The normalized spacial score (nSPS) is 7.20. The summed E-state index contributed by atoms with van der Waals surface area (Å²) in [5, 5.41) is 0. The van der Waals surface area contributed by atoms with Gasteiger partial charge in [-0.15, -0.1) is 0 Å². The SMILES string of the molecule is CC(=O)C(C)=O.CC(C)=O. The van der Waals surface area contributed by atoms with E-state index in [-0.39, 0.29) is 17.3 Å². The topological polar surface area (TPSA) is 51.2 Å². The minimum absolute atomic E-state index is 0.167. The summed E-state index contributed by atoms with van der Waals surface area (Å²) in [6.07, 6.45) is 0. The van der Waals surface area contributed by atoms with Crippen LogP contribution >= 0.6 is 0 Å². The number of Topliss-reactive ketones (excluding diaryl/α,β-unsaturated/α-hetero) is 3. The van der Waals surface area contributed by atoms with Crippen molar-refractivity contribution in [2.24, 2.45) is 0 Å². The van der Waals surface area contributed by atoms with E-state index in [1.165, 1.54) is 27.7 Å². The molecule has 58 valence electrons. The van der Waals surface area contributed by atoms with Crippen molar-refractivity contribution < 1.29 is 14.4 Å². The lowest BCUT2D eigenvalue weighted by molar-refractivity contribution is -0.134. The van der Waals surface area contributed by atoms with Gasteiger partial charge in [0.2, 0.25) is 0 Å². The molecule has 0 aliphatic heterocycles. The Hall–Kier alpha value is -0.990. The zero-order valence-corrected chi connectivity index (χ0v) is 6.72. The molecule has 0 radical (unpaired) electrons. The molecule has 0 aliphatic carbocycles. The zero-order chi connectivity index (χ0) is 8.73. The molecular weight excluding hydrogens is 132 g/mol. The second-order valence-corrected chi connectivity index (χ2v) is 2.02. The first kappa shape index (κ1) is 11.8. The van der Waals surface area contributed by atoms with Crippen LogP contribution in [0.5, 0.6) is 0 Å². The highest BCUT2D eigenvalue weighted by atomic mass is 16.2. The lowest BCUT2D eigenvalue weighted by Gasteiger charge is -1.73. The van der Waals surface area contributed by atoms with Crippen molar-refractivity contribution in [3.63, 3.8) is 0 Å². The Kier molecular flexibility index (Phi) is 7.22. The second kappa shape index (κ2) is 6.13. The molecule has 0 bridgehead atoms. The van der Waals surface area contributed by atoms with Gasteiger partial charge in [-0.2, -0.15) is 0 Å². The van der Waals surface area contributed by atoms with Crippen molar-refractivity contribution in [3.05, 3.63) is 0 Å². The lowest BCUT2D eigenvalue weighted by Crippen LogP contribution is -2.01. The van der Waals surface area contributed by atoms with E-state index in [1.54, 1.807) is 0 Å². The number of hydrogen-bond acceptors (Lipinski definition) is 3. The monoisotopic (exact) mass is 144 g/mol. The molecule has 0 aromatic heterocycles. The maximum atomic E-state index is 9.79. The number of carbonyl (C=O) groups is 3. The van der Waals surface area contributed by atoms with Gasteiger partial charge in [0.05, 0.1) is 0 Å². The highest BCUT2D eigenvalue weighted by Gasteiger charge is 1.94. The molecule has 0 fully saturated rings. The highest BCUT2D eigenvalue weighted by molar-refractivity contribution is 6.35. The van der Waals surface area contributed by atoms with Gasteiger partial charge in [-0.25, -0.2) is 0 Å². The van der Waals surface area contributed by atoms with Crippen LogP contribution < -0.4 is 0 Å². The van der Waals surface area contributed by atoms with Crippen LogP contribution in [0.3, 0.4) is 0 Å². The fourth-order valence-electron chi connectivity index (χ4n) is 0. The molecule has 0 N–H and O–H groups in total. The smallest absolute Gasteiger partial charge is 0.195 e. The maximum absolute atomic E-state index is 9.79. The molecule has 0 atom stereocenters. The summed E-state index contributed by atoms with van der Waals surface area (Å²) in [6.45, 7) is 5.56. The fourth-order valence-corrected chi connectivity index (χ4v) is 0. The standard InChI is InChI=1S/C4H6O2.C3H6O/c1-3(5)4(2)6;1-3(2)4/h1-2H3;1-2H3. The van der Waals surface area contributed by atoms with Crippen LogP contribution in [-0.4, -0.2) is 17.3 Å². The third kappa shape index (κ3) is 27.9. The van der Waals surface area contributed by atoms with Gasteiger partial charge in [0.15, 0.2) is 11.6 Å². The van der Waals surface area contributed by atoms with Gasteiger partial charge < -0.3 is 4.79 Å². The summed E-state index contributed by atoms with van der Waals surface area (Å²) in [6, 6.07) is 0. The quantitative estimate of drug-likeness (QED) is 0.510. The van der Waals surface area contributed by atoms with Crippen molar-refractivity contribution in [3.8, 4) is 0 Å². The molecule has 0 spiro atoms. The van der Waals surface area contributed by atoms with Crippen molar-refractivity contribution in [1.29, 1.82) is 0 Å². The maximum Gasteiger partial charge on any atom is 0.195 e. The number of rotatable bonds is 1. The third-order valence-electron chi connectivity index (χ3n) is 0.496. The average molecular weight is 144 g/mol. The Balaban J connectivity index is 0. The predicted octanol–water partition coefficient (Wildman–Crippen LogP) is 0.760. The van der Waals surface area contributed by atoms with Crippen molar-refractivity contribution in [1.82, 2.24) is 0 Å². The Morgan fingerprint density at radius 1 is 0.700 bits per heavy atom. The third-order valence-corrected chi connectivity index (χ3v) is 0.496. The summed E-state index contributed by atoms with van der Waals surface area (Å²) < 4.78 is 0. The van der Waals surface area contributed by atoms with Gasteiger partial charge in [0.25, 0.3) is 0 Å². The Bertz CT molecular complexity index is 131. The van der Waals surface area contributed by atoms with Gasteiger partial charge in [-0.05, 0) is 13.8 Å². The molecule has 0 aromatic carbocycles. The van der Waals surface area contributed by atoms with Gasteiger partial charge in [-0.3, -0.25) is 9.59 Å². The molecule has 0 amide bonds. The number of carbonyl (C=O) groups excluding carboxylic acids is 3. The van der Waals surface area contributed by atoms with E-state index in [4.69, 9.17) is 0 Å². The predicted molar refractivity (Wildman–Crippen MR) is 37.7 cm³/mol. The second-order valence-electron chi connectivity index (χ2n) is 2.02. The van der Waals surface area contributed by atoms with Gasteiger partial charge >= 0.3 is 0 Å². The average Bonchev–Trinajstić information content (AvgIpc) is 1.63. The van der Waals surface area contributed by atoms with Crippen LogP contribution in [0.1, 0.15) is 27.7 Å². The van der Waals surface area contributed by atoms with E-state index in [0.29, 0.717) is 0 Å². The molecule has 0 rings (SSSR count). The van der Waals surface area contributed by atoms with Crippen LogP contribution in [-0.2, 0) is 14.4 Å². The van der Waals surface area contributed by atoms with Crippen LogP contribution in [0, 0.1) is 0 Å². The molecule has 0 saturated carbocycles. The van der Waals surface area contributed by atoms with Crippen molar-refractivity contribution >= 4 is 17.3 Å². The minimum Gasteiger partial charge on any atom is -0.300 e. The van der Waals surface area contributed by atoms with Gasteiger partial charge in [0, 0.05) is 13.8 Å². The summed E-state index contributed by atoms with van der Waals surface area (Å²) in [5.74, 6) is -0.593. The molecule has 3 heteroatoms. The number of ketones is 3. The molecular formula is C7H12O3. The molecule has 0 unspecified atom stereocenters. The van der Waals surface area contributed by atoms with E-state index in [1.807, 2.05) is 0 Å². The molecule has 3 nitrogen and oxygen atoms in total. The van der Waals surface area contributed by atoms with E-state index < -0.39 is 0 Å². The lowest BCUT2D eigenvalue weighted by atomic mass is 10.3. The minimum atomic E-state index is -0.380. The van der Waals surface area contributed by atoms with E-state index in [9.17, 15) is 14.4 Å². The Morgan fingerprint density at radius 3 is 0.800 bits per heavy atom. The van der Waals surface area contributed by atoms with E-state index in [2.05, 4.69) is 0 Å². The zero-order valence-electron chi connectivity index (χ0n) is 6.72.